The number of benzene rings is 3. The molecule has 4 rings (SSSR count). The number of fused-ring (bicyclic) bond motifs is 1. The van der Waals surface area contributed by atoms with Gasteiger partial charge in [-0.3, -0.25) is 0 Å². The number of sulfonamides is 1. The summed E-state index contributed by atoms with van der Waals surface area (Å²) in [6.45, 7) is 4.42. The van der Waals surface area contributed by atoms with Crippen LogP contribution in [0.1, 0.15) is 5.56 Å². The molecule has 1 aliphatic rings. The first kappa shape index (κ1) is 19.7. The summed E-state index contributed by atoms with van der Waals surface area (Å²) in [4.78, 5) is 4.65. The van der Waals surface area contributed by atoms with Gasteiger partial charge in [0.1, 0.15) is 0 Å². The zero-order chi connectivity index (χ0) is 20.6. The summed E-state index contributed by atoms with van der Waals surface area (Å²) < 4.78 is 28.5. The number of rotatable bonds is 4. The summed E-state index contributed by atoms with van der Waals surface area (Å²) in [6, 6.07) is 19.8. The number of piperazine rings is 1. The molecule has 0 unspecified atom stereocenters. The fourth-order valence-corrected chi connectivity index (χ4v) is 5.59. The number of aryl methyl sites for hydroxylation is 1. The number of nitrogens with zero attached hydrogens (tertiary/aromatic N) is 3. The van der Waals surface area contributed by atoms with Crippen molar-refractivity contribution in [3.63, 3.8) is 0 Å². The minimum absolute atomic E-state index is 0.391. The number of hydrogen-bond acceptors (Lipinski definition) is 4. The van der Waals surface area contributed by atoms with Crippen molar-refractivity contribution in [1.82, 2.24) is 4.31 Å². The second-order valence-electron chi connectivity index (χ2n) is 7.75. The SMILES string of the molecule is Cc1ccc(N2CCN(S(=O)(=O)c3cccc4c(N(C)C)cccc34)CC2)cc1. The molecule has 29 heavy (non-hydrogen) atoms. The minimum atomic E-state index is -3.56. The number of anilines is 2. The molecule has 1 fully saturated rings. The summed E-state index contributed by atoms with van der Waals surface area (Å²) in [5, 5.41) is 1.73. The Morgan fingerprint density at radius 3 is 2.07 bits per heavy atom. The van der Waals surface area contributed by atoms with Crippen molar-refractivity contribution in [3.8, 4) is 0 Å². The third-order valence-electron chi connectivity index (χ3n) is 5.60. The van der Waals surface area contributed by atoms with Crippen LogP contribution in [0.2, 0.25) is 0 Å². The molecule has 6 heteroatoms. The Labute approximate surface area is 173 Å². The van der Waals surface area contributed by atoms with Crippen LogP contribution in [0.4, 0.5) is 11.4 Å². The highest BCUT2D eigenvalue weighted by molar-refractivity contribution is 7.89. The second kappa shape index (κ2) is 7.69. The van der Waals surface area contributed by atoms with Crippen LogP contribution >= 0.6 is 0 Å². The van der Waals surface area contributed by atoms with Gasteiger partial charge in [0.05, 0.1) is 4.90 Å². The summed E-state index contributed by atoms with van der Waals surface area (Å²) in [5.74, 6) is 0. The third kappa shape index (κ3) is 3.70. The van der Waals surface area contributed by atoms with Crippen LogP contribution in [0.25, 0.3) is 10.8 Å². The average molecular weight is 410 g/mol. The molecule has 0 spiro atoms. The maximum Gasteiger partial charge on any atom is 0.243 e. The van der Waals surface area contributed by atoms with Gasteiger partial charge in [0, 0.05) is 62.4 Å². The van der Waals surface area contributed by atoms with Crippen LogP contribution in [0.3, 0.4) is 0 Å². The highest BCUT2D eigenvalue weighted by Crippen LogP contribution is 2.32. The molecule has 152 valence electrons. The standard InChI is InChI=1S/C23H27N3O2S/c1-18-10-12-19(13-11-18)25-14-16-26(17-15-25)29(27,28)23-9-5-6-20-21(23)7-4-8-22(20)24(2)3/h4-13H,14-17H2,1-3H3. The Hall–Kier alpha value is -2.57. The largest absolute Gasteiger partial charge is 0.377 e. The van der Waals surface area contributed by atoms with E-state index in [9.17, 15) is 8.42 Å². The Morgan fingerprint density at radius 1 is 0.793 bits per heavy atom. The topological polar surface area (TPSA) is 43.9 Å². The molecule has 0 aromatic heterocycles. The molecule has 0 aliphatic carbocycles. The molecule has 0 atom stereocenters. The lowest BCUT2D eigenvalue weighted by atomic mass is 10.1. The first-order chi connectivity index (χ1) is 13.9. The molecule has 5 nitrogen and oxygen atoms in total. The maximum absolute atomic E-state index is 13.5. The van der Waals surface area contributed by atoms with Crippen LogP contribution in [0.15, 0.2) is 65.6 Å². The van der Waals surface area contributed by atoms with Gasteiger partial charge in [0.2, 0.25) is 10.0 Å². The van der Waals surface area contributed by atoms with Crippen molar-refractivity contribution in [3.05, 3.63) is 66.2 Å². The smallest absolute Gasteiger partial charge is 0.243 e. The van der Waals surface area contributed by atoms with Crippen LogP contribution in [0.5, 0.6) is 0 Å². The predicted octanol–water partition coefficient (Wildman–Crippen LogP) is 3.73. The van der Waals surface area contributed by atoms with E-state index >= 15 is 0 Å². The molecule has 1 heterocycles. The van der Waals surface area contributed by atoms with E-state index in [2.05, 4.69) is 36.1 Å². The normalized spacial score (nSPS) is 15.6. The van der Waals surface area contributed by atoms with E-state index in [1.54, 1.807) is 10.4 Å². The molecular weight excluding hydrogens is 382 g/mol. The molecule has 0 bridgehead atoms. The van der Waals surface area contributed by atoms with Crippen molar-refractivity contribution in [2.75, 3.05) is 50.1 Å². The number of hydrogen-bond donors (Lipinski definition) is 0. The van der Waals surface area contributed by atoms with Crippen molar-refractivity contribution in [1.29, 1.82) is 0 Å². The van der Waals surface area contributed by atoms with Crippen molar-refractivity contribution >= 4 is 32.2 Å². The molecule has 1 aliphatic heterocycles. The van der Waals surface area contributed by atoms with Gasteiger partial charge in [0.25, 0.3) is 0 Å². The summed E-state index contributed by atoms with van der Waals surface area (Å²) in [6.07, 6.45) is 0. The van der Waals surface area contributed by atoms with Crippen molar-refractivity contribution < 1.29 is 8.42 Å². The van der Waals surface area contributed by atoms with E-state index in [1.165, 1.54) is 5.56 Å². The highest BCUT2D eigenvalue weighted by atomic mass is 32.2. The lowest BCUT2D eigenvalue weighted by molar-refractivity contribution is 0.385. The molecule has 0 N–H and O–H groups in total. The van der Waals surface area contributed by atoms with Gasteiger partial charge in [-0.1, -0.05) is 42.0 Å². The van der Waals surface area contributed by atoms with E-state index < -0.39 is 10.0 Å². The predicted molar refractivity (Wildman–Crippen MR) is 120 cm³/mol. The van der Waals surface area contributed by atoms with E-state index in [1.807, 2.05) is 49.3 Å². The van der Waals surface area contributed by atoms with Gasteiger partial charge in [-0.2, -0.15) is 4.31 Å². The highest BCUT2D eigenvalue weighted by Gasteiger charge is 2.30. The summed E-state index contributed by atoms with van der Waals surface area (Å²) in [5.41, 5.74) is 3.39. The molecular formula is C23H27N3O2S. The Morgan fingerprint density at radius 2 is 1.41 bits per heavy atom. The third-order valence-corrected chi connectivity index (χ3v) is 7.55. The first-order valence-corrected chi connectivity index (χ1v) is 11.3. The van der Waals surface area contributed by atoms with Gasteiger partial charge in [-0.25, -0.2) is 8.42 Å². The molecule has 3 aromatic rings. The fraction of sp³-hybridized carbons (Fsp3) is 0.304. The molecule has 0 saturated carbocycles. The fourth-order valence-electron chi connectivity index (χ4n) is 3.96. The van der Waals surface area contributed by atoms with E-state index in [-0.39, 0.29) is 0 Å². The zero-order valence-electron chi connectivity index (χ0n) is 17.2. The maximum atomic E-state index is 13.5. The Kier molecular flexibility index (Phi) is 5.23. The van der Waals surface area contributed by atoms with E-state index in [0.29, 0.717) is 31.1 Å². The van der Waals surface area contributed by atoms with Crippen molar-refractivity contribution in [2.45, 2.75) is 11.8 Å². The monoisotopic (exact) mass is 409 g/mol. The summed E-state index contributed by atoms with van der Waals surface area (Å²) >= 11 is 0. The van der Waals surface area contributed by atoms with Gasteiger partial charge in [-0.05, 0) is 31.2 Å². The van der Waals surface area contributed by atoms with Crippen LogP contribution in [0, 0.1) is 6.92 Å². The Bertz CT molecular complexity index is 1120. The lowest BCUT2D eigenvalue weighted by Crippen LogP contribution is -2.48. The molecule has 1 saturated heterocycles. The van der Waals surface area contributed by atoms with Gasteiger partial charge in [-0.15, -0.1) is 0 Å². The second-order valence-corrected chi connectivity index (χ2v) is 9.66. The van der Waals surface area contributed by atoms with Crippen LogP contribution in [-0.4, -0.2) is 53.0 Å². The zero-order valence-corrected chi connectivity index (χ0v) is 18.0. The van der Waals surface area contributed by atoms with Crippen molar-refractivity contribution in [2.24, 2.45) is 0 Å². The van der Waals surface area contributed by atoms with Crippen LogP contribution < -0.4 is 9.80 Å². The first-order valence-electron chi connectivity index (χ1n) is 9.89. The van der Waals surface area contributed by atoms with Gasteiger partial charge < -0.3 is 9.80 Å². The average Bonchev–Trinajstić information content (AvgIpc) is 2.73. The van der Waals surface area contributed by atoms with Gasteiger partial charge in [0.15, 0.2) is 0 Å². The molecule has 0 radical (unpaired) electrons. The van der Waals surface area contributed by atoms with E-state index in [0.717, 1.165) is 22.1 Å². The summed E-state index contributed by atoms with van der Waals surface area (Å²) in [7, 11) is 0.390. The van der Waals surface area contributed by atoms with Gasteiger partial charge >= 0.3 is 0 Å². The molecule has 3 aromatic carbocycles. The quantitative estimate of drug-likeness (QED) is 0.659. The minimum Gasteiger partial charge on any atom is -0.377 e. The molecule has 0 amide bonds. The Balaban J connectivity index is 1.61. The lowest BCUT2D eigenvalue weighted by Gasteiger charge is -2.35. The van der Waals surface area contributed by atoms with E-state index in [4.69, 9.17) is 0 Å². The van der Waals surface area contributed by atoms with Crippen LogP contribution in [-0.2, 0) is 10.0 Å².